The summed E-state index contributed by atoms with van der Waals surface area (Å²) < 4.78 is 13.1. The molecule has 0 aliphatic rings. The van der Waals surface area contributed by atoms with Crippen molar-refractivity contribution in [1.29, 1.82) is 0 Å². The molecule has 0 aliphatic heterocycles. The normalized spacial score (nSPS) is 10.4. The number of benzene rings is 1. The Labute approximate surface area is 130 Å². The van der Waals surface area contributed by atoms with Crippen LogP contribution in [0.4, 0.5) is 21.8 Å². The van der Waals surface area contributed by atoms with Crippen LogP contribution in [0.1, 0.15) is 6.92 Å². The van der Waals surface area contributed by atoms with Crippen LogP contribution in [0.25, 0.3) is 0 Å². The number of nitrogens with one attached hydrogen (secondary N) is 2. The highest BCUT2D eigenvalue weighted by Crippen LogP contribution is 2.35. The van der Waals surface area contributed by atoms with Crippen LogP contribution in [0.2, 0.25) is 15.1 Å². The van der Waals surface area contributed by atoms with Crippen molar-refractivity contribution in [1.82, 2.24) is 9.97 Å². The summed E-state index contributed by atoms with van der Waals surface area (Å²) in [5, 5.41) is 6.40. The van der Waals surface area contributed by atoms with Gasteiger partial charge in [0.2, 0.25) is 5.95 Å². The summed E-state index contributed by atoms with van der Waals surface area (Å²) >= 11 is 17.9. The van der Waals surface area contributed by atoms with Gasteiger partial charge in [-0.2, -0.15) is 4.98 Å². The van der Waals surface area contributed by atoms with E-state index in [0.29, 0.717) is 29.0 Å². The van der Waals surface area contributed by atoms with Gasteiger partial charge in [0.05, 0.1) is 21.9 Å². The quantitative estimate of drug-likeness (QED) is 0.846. The van der Waals surface area contributed by atoms with Crippen LogP contribution >= 0.6 is 34.8 Å². The van der Waals surface area contributed by atoms with Gasteiger partial charge in [-0.05, 0) is 19.1 Å². The van der Waals surface area contributed by atoms with Crippen LogP contribution < -0.4 is 10.6 Å². The highest BCUT2D eigenvalue weighted by molar-refractivity contribution is 6.39. The first-order valence-electron chi connectivity index (χ1n) is 5.69. The van der Waals surface area contributed by atoms with Crippen molar-refractivity contribution in [3.8, 4) is 0 Å². The van der Waals surface area contributed by atoms with Crippen molar-refractivity contribution < 1.29 is 4.39 Å². The monoisotopic (exact) mass is 334 g/mol. The molecule has 0 spiro atoms. The van der Waals surface area contributed by atoms with Gasteiger partial charge >= 0.3 is 0 Å². The van der Waals surface area contributed by atoms with Crippen molar-refractivity contribution in [3.63, 3.8) is 0 Å². The number of nitrogens with zero attached hydrogens (tertiary/aromatic N) is 2. The molecule has 2 N–H and O–H groups in total. The van der Waals surface area contributed by atoms with E-state index in [9.17, 15) is 4.39 Å². The van der Waals surface area contributed by atoms with E-state index in [1.165, 1.54) is 6.20 Å². The smallest absolute Gasteiger partial charge is 0.224 e. The van der Waals surface area contributed by atoms with Crippen LogP contribution in [-0.2, 0) is 0 Å². The van der Waals surface area contributed by atoms with E-state index in [1.54, 1.807) is 0 Å². The molecule has 0 radical (unpaired) electrons. The second kappa shape index (κ2) is 6.43. The second-order valence-electron chi connectivity index (χ2n) is 3.79. The molecule has 8 heteroatoms. The van der Waals surface area contributed by atoms with E-state index in [1.807, 2.05) is 6.92 Å². The maximum atomic E-state index is 13.1. The zero-order valence-corrected chi connectivity index (χ0v) is 12.6. The van der Waals surface area contributed by atoms with Crippen LogP contribution in [0.15, 0.2) is 18.3 Å². The molecule has 0 aliphatic carbocycles. The Hall–Kier alpha value is -1.30. The van der Waals surface area contributed by atoms with E-state index in [2.05, 4.69) is 20.6 Å². The van der Waals surface area contributed by atoms with Crippen molar-refractivity contribution in [2.24, 2.45) is 0 Å². The highest BCUT2D eigenvalue weighted by atomic mass is 35.5. The van der Waals surface area contributed by atoms with Gasteiger partial charge in [-0.1, -0.05) is 34.8 Å². The maximum Gasteiger partial charge on any atom is 0.224 e. The molecule has 0 saturated heterocycles. The summed E-state index contributed by atoms with van der Waals surface area (Å²) in [6.45, 7) is 2.58. The van der Waals surface area contributed by atoms with Gasteiger partial charge in [0.25, 0.3) is 0 Å². The summed E-state index contributed by atoms with van der Waals surface area (Å²) in [5.74, 6) is 0.217. The second-order valence-corrected chi connectivity index (χ2v) is 5.01. The molecular formula is C12H10Cl3FN4. The summed E-state index contributed by atoms with van der Waals surface area (Å²) in [7, 11) is 0. The molecule has 20 heavy (non-hydrogen) atoms. The minimum Gasteiger partial charge on any atom is -0.354 e. The van der Waals surface area contributed by atoms with Crippen molar-refractivity contribution in [3.05, 3.63) is 39.2 Å². The third kappa shape index (κ3) is 3.42. The van der Waals surface area contributed by atoms with E-state index in [4.69, 9.17) is 34.8 Å². The minimum atomic E-state index is -0.521. The average molecular weight is 336 g/mol. The van der Waals surface area contributed by atoms with Gasteiger partial charge in [-0.25, -0.2) is 9.37 Å². The van der Waals surface area contributed by atoms with Gasteiger partial charge < -0.3 is 10.6 Å². The molecule has 0 atom stereocenters. The Morgan fingerprint density at radius 2 is 1.80 bits per heavy atom. The topological polar surface area (TPSA) is 49.8 Å². The van der Waals surface area contributed by atoms with Crippen LogP contribution in [0.5, 0.6) is 0 Å². The van der Waals surface area contributed by atoms with Crippen LogP contribution in [0, 0.1) is 5.82 Å². The molecule has 0 unspecified atom stereocenters. The molecule has 4 nitrogen and oxygen atoms in total. The first kappa shape index (κ1) is 15.1. The van der Waals surface area contributed by atoms with E-state index in [-0.39, 0.29) is 10.0 Å². The number of rotatable bonds is 4. The van der Waals surface area contributed by atoms with Gasteiger partial charge in [0.15, 0.2) is 5.82 Å². The van der Waals surface area contributed by atoms with E-state index >= 15 is 0 Å². The fraction of sp³-hybridized carbons (Fsp3) is 0.167. The lowest BCUT2D eigenvalue weighted by molar-refractivity contribution is 0.628. The Bertz CT molecular complexity index is 613. The summed E-state index contributed by atoms with van der Waals surface area (Å²) in [6.07, 6.45) is 1.44. The largest absolute Gasteiger partial charge is 0.354 e. The van der Waals surface area contributed by atoms with E-state index < -0.39 is 5.82 Å². The molecule has 2 aromatic rings. The maximum absolute atomic E-state index is 13.1. The molecule has 1 aromatic carbocycles. The predicted octanol–water partition coefficient (Wildman–Crippen LogP) is 4.75. The minimum absolute atomic E-state index is 0.134. The Balaban J connectivity index is 2.37. The fourth-order valence-corrected chi connectivity index (χ4v) is 2.17. The summed E-state index contributed by atoms with van der Waals surface area (Å²) in [5.41, 5.74) is 0.331. The first-order valence-corrected chi connectivity index (χ1v) is 6.82. The number of hydrogen-bond donors (Lipinski definition) is 2. The Morgan fingerprint density at radius 1 is 1.15 bits per heavy atom. The Kier molecular flexibility index (Phi) is 4.86. The fourth-order valence-electron chi connectivity index (χ4n) is 1.48. The van der Waals surface area contributed by atoms with Gasteiger partial charge in [0, 0.05) is 6.54 Å². The van der Waals surface area contributed by atoms with Crippen molar-refractivity contribution >= 4 is 52.3 Å². The zero-order valence-electron chi connectivity index (χ0n) is 10.3. The first-order chi connectivity index (χ1) is 9.51. The zero-order chi connectivity index (χ0) is 14.7. The average Bonchev–Trinajstić information content (AvgIpc) is 2.37. The number of aromatic nitrogens is 2. The summed E-state index contributed by atoms with van der Waals surface area (Å²) in [6, 6.07) is 2.30. The van der Waals surface area contributed by atoms with Gasteiger partial charge in [-0.15, -0.1) is 0 Å². The Morgan fingerprint density at radius 3 is 2.40 bits per heavy atom. The molecule has 1 heterocycles. The van der Waals surface area contributed by atoms with Gasteiger partial charge in [-0.3, -0.25) is 0 Å². The SMILES string of the molecule is CCNc1ncc(Cl)c(Nc2c(Cl)cc(F)cc2Cl)n1. The lowest BCUT2D eigenvalue weighted by atomic mass is 10.3. The van der Waals surface area contributed by atoms with Crippen LogP contribution in [0.3, 0.4) is 0 Å². The molecule has 1 aromatic heterocycles. The van der Waals surface area contributed by atoms with Crippen molar-refractivity contribution in [2.45, 2.75) is 6.92 Å². The molecule has 106 valence electrons. The lowest BCUT2D eigenvalue weighted by Gasteiger charge is -2.12. The molecule has 0 amide bonds. The van der Waals surface area contributed by atoms with Crippen LogP contribution in [-0.4, -0.2) is 16.5 Å². The standard InChI is InChI=1S/C12H10Cl3FN4/c1-2-17-12-18-5-9(15)11(20-12)19-10-7(13)3-6(16)4-8(10)14/h3-5H,2H2,1H3,(H2,17,18,19,20). The third-order valence-corrected chi connectivity index (χ3v) is 3.20. The predicted molar refractivity (Wildman–Crippen MR) is 80.9 cm³/mol. The van der Waals surface area contributed by atoms with Gasteiger partial charge in [0.1, 0.15) is 10.8 Å². The molecular weight excluding hydrogens is 326 g/mol. The number of halogens is 4. The highest BCUT2D eigenvalue weighted by Gasteiger charge is 2.12. The summed E-state index contributed by atoms with van der Waals surface area (Å²) in [4.78, 5) is 8.19. The van der Waals surface area contributed by atoms with E-state index in [0.717, 1.165) is 12.1 Å². The molecule has 2 rings (SSSR count). The van der Waals surface area contributed by atoms with Crippen molar-refractivity contribution in [2.75, 3.05) is 17.2 Å². The number of anilines is 3. The number of hydrogen-bond acceptors (Lipinski definition) is 4. The molecule has 0 saturated carbocycles. The molecule has 0 fully saturated rings. The molecule has 0 bridgehead atoms. The lowest BCUT2D eigenvalue weighted by Crippen LogP contribution is -2.05. The third-order valence-electron chi connectivity index (χ3n) is 2.33.